The van der Waals surface area contributed by atoms with Crippen LogP contribution in [0.4, 0.5) is 5.69 Å². The third-order valence-corrected chi connectivity index (χ3v) is 3.73. The van der Waals surface area contributed by atoms with Crippen molar-refractivity contribution in [3.8, 4) is 6.07 Å². The molecule has 0 aliphatic carbocycles. The molecule has 0 atom stereocenters. The Morgan fingerprint density at radius 1 is 1.42 bits per heavy atom. The summed E-state index contributed by atoms with van der Waals surface area (Å²) in [5.74, 6) is 0. The van der Waals surface area contributed by atoms with E-state index in [1.165, 1.54) is 0 Å². The number of aryl methyl sites for hydroxylation is 1. The third-order valence-electron chi connectivity index (χ3n) is 2.67. The molecule has 1 aromatic heterocycles. The van der Waals surface area contributed by atoms with Crippen LogP contribution in [0.3, 0.4) is 0 Å². The van der Waals surface area contributed by atoms with Gasteiger partial charge in [-0.3, -0.25) is 0 Å². The van der Waals surface area contributed by atoms with Crippen molar-refractivity contribution in [3.63, 3.8) is 0 Å². The Hall–Kier alpha value is -1.57. The smallest absolute Gasteiger partial charge is 0.140 e. The van der Waals surface area contributed by atoms with Crippen molar-refractivity contribution in [2.75, 3.05) is 5.32 Å². The third kappa shape index (κ3) is 3.46. The van der Waals surface area contributed by atoms with E-state index in [9.17, 15) is 0 Å². The Morgan fingerprint density at radius 2 is 2.21 bits per heavy atom. The number of pyridine rings is 1. The lowest BCUT2D eigenvalue weighted by Crippen LogP contribution is -2.01. The standard InChI is InChI=1S/C14H11BrClN3/c1-9-4-12(15)14(6-13(9)16)19-8-10-2-3-18-11(5-10)7-17/h2-6,19H,8H2,1H3. The van der Waals surface area contributed by atoms with Crippen LogP contribution < -0.4 is 5.32 Å². The van der Waals surface area contributed by atoms with Crippen LogP contribution in [0.15, 0.2) is 34.9 Å². The maximum atomic E-state index is 8.80. The number of nitrogens with zero attached hydrogens (tertiary/aromatic N) is 2. The van der Waals surface area contributed by atoms with Crippen molar-refractivity contribution in [1.29, 1.82) is 5.26 Å². The van der Waals surface area contributed by atoms with Gasteiger partial charge in [0, 0.05) is 22.2 Å². The molecule has 1 heterocycles. The summed E-state index contributed by atoms with van der Waals surface area (Å²) in [5, 5.41) is 12.8. The zero-order valence-electron chi connectivity index (χ0n) is 10.2. The first-order valence-corrected chi connectivity index (χ1v) is 6.82. The highest BCUT2D eigenvalue weighted by Crippen LogP contribution is 2.29. The maximum Gasteiger partial charge on any atom is 0.140 e. The van der Waals surface area contributed by atoms with Gasteiger partial charge in [0.25, 0.3) is 0 Å². The molecular formula is C14H11BrClN3. The summed E-state index contributed by atoms with van der Waals surface area (Å²) in [7, 11) is 0. The Labute approximate surface area is 125 Å². The minimum Gasteiger partial charge on any atom is -0.380 e. The normalized spacial score (nSPS) is 10.0. The predicted octanol–water partition coefficient (Wildman–Crippen LogP) is 4.29. The lowest BCUT2D eigenvalue weighted by atomic mass is 10.2. The number of benzene rings is 1. The van der Waals surface area contributed by atoms with Gasteiger partial charge in [0.15, 0.2) is 0 Å². The molecule has 0 fully saturated rings. The fourth-order valence-electron chi connectivity index (χ4n) is 1.62. The Morgan fingerprint density at radius 3 is 2.95 bits per heavy atom. The van der Waals surface area contributed by atoms with E-state index in [-0.39, 0.29) is 0 Å². The van der Waals surface area contributed by atoms with Crippen molar-refractivity contribution in [2.24, 2.45) is 0 Å². The zero-order valence-corrected chi connectivity index (χ0v) is 12.6. The van der Waals surface area contributed by atoms with Gasteiger partial charge in [-0.1, -0.05) is 11.6 Å². The molecule has 0 aliphatic heterocycles. The molecule has 2 aromatic rings. The van der Waals surface area contributed by atoms with Crippen LogP contribution >= 0.6 is 27.5 Å². The molecule has 0 radical (unpaired) electrons. The number of hydrogen-bond acceptors (Lipinski definition) is 3. The average Bonchev–Trinajstić information content (AvgIpc) is 2.41. The van der Waals surface area contributed by atoms with Gasteiger partial charge in [0.1, 0.15) is 11.8 Å². The molecule has 1 N–H and O–H groups in total. The number of rotatable bonds is 3. The van der Waals surface area contributed by atoms with E-state index in [0.29, 0.717) is 12.2 Å². The van der Waals surface area contributed by atoms with Gasteiger partial charge in [-0.15, -0.1) is 0 Å². The highest BCUT2D eigenvalue weighted by molar-refractivity contribution is 9.10. The van der Waals surface area contributed by atoms with E-state index in [2.05, 4.69) is 26.2 Å². The van der Waals surface area contributed by atoms with E-state index in [1.807, 2.05) is 31.2 Å². The van der Waals surface area contributed by atoms with Crippen LogP contribution in [0.5, 0.6) is 0 Å². The van der Waals surface area contributed by atoms with Gasteiger partial charge < -0.3 is 5.32 Å². The molecule has 3 nitrogen and oxygen atoms in total. The average molecular weight is 337 g/mol. The van der Waals surface area contributed by atoms with Crippen LogP contribution in [-0.4, -0.2) is 4.98 Å². The molecule has 0 unspecified atom stereocenters. The van der Waals surface area contributed by atoms with Gasteiger partial charge >= 0.3 is 0 Å². The summed E-state index contributed by atoms with van der Waals surface area (Å²) in [6.45, 7) is 2.56. The van der Waals surface area contributed by atoms with E-state index in [4.69, 9.17) is 16.9 Å². The molecule has 96 valence electrons. The molecular weight excluding hydrogens is 326 g/mol. The summed E-state index contributed by atoms with van der Waals surface area (Å²) in [6, 6.07) is 9.51. The second kappa shape index (κ2) is 6.05. The summed E-state index contributed by atoms with van der Waals surface area (Å²) >= 11 is 9.60. The summed E-state index contributed by atoms with van der Waals surface area (Å²) in [5.41, 5.74) is 3.36. The van der Waals surface area contributed by atoms with E-state index >= 15 is 0 Å². The zero-order chi connectivity index (χ0) is 13.8. The number of anilines is 1. The van der Waals surface area contributed by atoms with Crippen LogP contribution in [0.2, 0.25) is 5.02 Å². The monoisotopic (exact) mass is 335 g/mol. The summed E-state index contributed by atoms with van der Waals surface area (Å²) in [4.78, 5) is 3.94. The molecule has 0 bridgehead atoms. The van der Waals surface area contributed by atoms with Crippen LogP contribution in [-0.2, 0) is 6.54 Å². The number of aromatic nitrogens is 1. The van der Waals surface area contributed by atoms with Gasteiger partial charge in [0.05, 0.1) is 5.69 Å². The van der Waals surface area contributed by atoms with Gasteiger partial charge in [-0.2, -0.15) is 5.26 Å². The van der Waals surface area contributed by atoms with Crippen molar-refractivity contribution < 1.29 is 0 Å². The molecule has 0 saturated heterocycles. The molecule has 0 saturated carbocycles. The van der Waals surface area contributed by atoms with E-state index in [1.54, 1.807) is 12.3 Å². The largest absolute Gasteiger partial charge is 0.380 e. The van der Waals surface area contributed by atoms with Crippen LogP contribution in [0.25, 0.3) is 0 Å². The first-order valence-electron chi connectivity index (χ1n) is 5.64. The summed E-state index contributed by atoms with van der Waals surface area (Å²) < 4.78 is 0.962. The van der Waals surface area contributed by atoms with E-state index < -0.39 is 0 Å². The Kier molecular flexibility index (Phi) is 4.41. The molecule has 1 aromatic carbocycles. The topological polar surface area (TPSA) is 48.7 Å². The molecule has 0 spiro atoms. The lowest BCUT2D eigenvalue weighted by Gasteiger charge is -2.10. The van der Waals surface area contributed by atoms with Crippen molar-refractivity contribution in [3.05, 3.63) is 56.8 Å². The number of hydrogen-bond donors (Lipinski definition) is 1. The second-order valence-corrected chi connectivity index (χ2v) is 5.36. The molecule has 5 heteroatoms. The SMILES string of the molecule is Cc1cc(Br)c(NCc2ccnc(C#N)c2)cc1Cl. The number of nitriles is 1. The minimum atomic E-state index is 0.417. The Balaban J connectivity index is 2.14. The van der Waals surface area contributed by atoms with Crippen LogP contribution in [0.1, 0.15) is 16.8 Å². The first-order chi connectivity index (χ1) is 9.10. The molecule has 0 amide bonds. The maximum absolute atomic E-state index is 8.80. The Bertz CT molecular complexity index is 650. The van der Waals surface area contributed by atoms with Crippen molar-refractivity contribution in [2.45, 2.75) is 13.5 Å². The lowest BCUT2D eigenvalue weighted by molar-refractivity contribution is 1.11. The van der Waals surface area contributed by atoms with Crippen molar-refractivity contribution in [1.82, 2.24) is 4.98 Å². The minimum absolute atomic E-state index is 0.417. The van der Waals surface area contributed by atoms with E-state index in [0.717, 1.165) is 26.3 Å². The molecule has 0 aliphatic rings. The fourth-order valence-corrected chi connectivity index (χ4v) is 2.39. The summed E-state index contributed by atoms with van der Waals surface area (Å²) in [6.07, 6.45) is 1.63. The second-order valence-electron chi connectivity index (χ2n) is 4.10. The van der Waals surface area contributed by atoms with Gasteiger partial charge in [0.2, 0.25) is 0 Å². The highest BCUT2D eigenvalue weighted by Gasteiger charge is 2.04. The van der Waals surface area contributed by atoms with Crippen molar-refractivity contribution >= 4 is 33.2 Å². The van der Waals surface area contributed by atoms with Crippen LogP contribution in [0, 0.1) is 18.3 Å². The first kappa shape index (κ1) is 13.9. The fraction of sp³-hybridized carbons (Fsp3) is 0.143. The van der Waals surface area contributed by atoms with Gasteiger partial charge in [-0.05, 0) is 58.2 Å². The van der Waals surface area contributed by atoms with Gasteiger partial charge in [-0.25, -0.2) is 4.98 Å². The predicted molar refractivity (Wildman–Crippen MR) is 80.2 cm³/mol. The highest BCUT2D eigenvalue weighted by atomic mass is 79.9. The molecule has 2 rings (SSSR count). The number of halogens is 2. The quantitative estimate of drug-likeness (QED) is 0.909. The molecule has 19 heavy (non-hydrogen) atoms. The number of nitrogens with one attached hydrogen (secondary N) is 1.